The third-order valence-corrected chi connectivity index (χ3v) is 8.31. The van der Waals surface area contributed by atoms with Crippen LogP contribution in [0.15, 0.2) is 23.6 Å². The van der Waals surface area contributed by atoms with Crippen LogP contribution in [0.2, 0.25) is 0 Å². The number of ether oxygens (including phenoxy) is 1. The van der Waals surface area contributed by atoms with Crippen molar-refractivity contribution in [3.63, 3.8) is 0 Å². The van der Waals surface area contributed by atoms with Gasteiger partial charge in [-0.3, -0.25) is 13.0 Å². The minimum absolute atomic E-state index is 0.427. The van der Waals surface area contributed by atoms with Crippen molar-refractivity contribution in [1.29, 1.82) is 0 Å². The maximum Gasteiger partial charge on any atom is 0.244 e. The van der Waals surface area contributed by atoms with E-state index in [2.05, 4.69) is 42.5 Å². The van der Waals surface area contributed by atoms with Gasteiger partial charge in [-0.15, -0.1) is 10.6 Å². The molecule has 10 nitrogen and oxygen atoms in total. The molecule has 0 aromatic carbocycles. The Hall–Kier alpha value is -1.47. The fraction of sp³-hybridized carbons (Fsp3) is 0.375. The zero-order valence-corrected chi connectivity index (χ0v) is 20.9. The first kappa shape index (κ1) is 22.2. The largest absolute Gasteiger partial charge is 0.491 e. The van der Waals surface area contributed by atoms with Crippen LogP contribution >= 0.6 is 39.0 Å². The maximum atomic E-state index is 5.68. The highest BCUT2D eigenvalue weighted by Crippen LogP contribution is 2.53. The van der Waals surface area contributed by atoms with Gasteiger partial charge in [0.1, 0.15) is 5.69 Å². The molecule has 13 heteroatoms. The number of aryl methyl sites for hydroxylation is 2. The molecular weight excluding hydrogens is 528 g/mol. The molecule has 0 aliphatic heterocycles. The predicted molar refractivity (Wildman–Crippen MR) is 125 cm³/mol. The van der Waals surface area contributed by atoms with E-state index in [1.54, 1.807) is 32.2 Å². The quantitative estimate of drug-likeness (QED) is 0.256. The summed E-state index contributed by atoms with van der Waals surface area (Å²) in [5.41, 5.74) is 2.43. The van der Waals surface area contributed by atoms with Gasteiger partial charge in [0.05, 0.1) is 33.9 Å². The Balaban J connectivity index is 2.19. The van der Waals surface area contributed by atoms with E-state index >= 15 is 0 Å². The fourth-order valence-electron chi connectivity index (χ4n) is 2.57. The zero-order valence-electron chi connectivity index (χ0n) is 16.9. The molecule has 3 heterocycles. The first-order valence-electron chi connectivity index (χ1n) is 8.40. The van der Waals surface area contributed by atoms with Gasteiger partial charge in [0.2, 0.25) is 5.16 Å². The number of anilines is 2. The monoisotopic (exact) mass is 551 g/mol. The van der Waals surface area contributed by atoms with Crippen LogP contribution in [0.4, 0.5) is 11.6 Å². The Morgan fingerprint density at radius 1 is 1.21 bits per heavy atom. The Morgan fingerprint density at radius 3 is 2.45 bits per heavy atom. The second-order valence-electron chi connectivity index (χ2n) is 6.04. The van der Waals surface area contributed by atoms with E-state index in [9.17, 15) is 0 Å². The van der Waals surface area contributed by atoms with Crippen LogP contribution in [0.1, 0.15) is 5.69 Å². The molecule has 1 N–H and O–H groups in total. The average Bonchev–Trinajstić information content (AvgIpc) is 3.31. The van der Waals surface area contributed by atoms with Crippen LogP contribution in [0, 0.1) is 6.92 Å². The van der Waals surface area contributed by atoms with Gasteiger partial charge in [-0.05, 0) is 29.0 Å². The SMILES string of the molecule is COc1c(Nc2cc(C)n(PI)n2)nc(S(C)(OC)OC)nc1-c1cnn(C)c1. The Labute approximate surface area is 185 Å². The lowest BCUT2D eigenvalue weighted by molar-refractivity contribution is 0.345. The van der Waals surface area contributed by atoms with E-state index in [0.29, 0.717) is 34.6 Å². The van der Waals surface area contributed by atoms with Crippen molar-refractivity contribution in [2.24, 2.45) is 7.05 Å². The summed E-state index contributed by atoms with van der Waals surface area (Å²) < 4.78 is 20.5. The van der Waals surface area contributed by atoms with Crippen LogP contribution < -0.4 is 10.1 Å². The highest BCUT2D eigenvalue weighted by Gasteiger charge is 2.26. The van der Waals surface area contributed by atoms with Gasteiger partial charge >= 0.3 is 0 Å². The van der Waals surface area contributed by atoms with Crippen LogP contribution in [-0.2, 0) is 15.4 Å². The molecule has 0 bridgehead atoms. The predicted octanol–water partition coefficient (Wildman–Crippen LogP) is 3.84. The summed E-state index contributed by atoms with van der Waals surface area (Å²) in [4.78, 5) is 9.39. The van der Waals surface area contributed by atoms with E-state index in [1.165, 1.54) is 0 Å². The van der Waals surface area contributed by atoms with Gasteiger partial charge in [0.25, 0.3) is 0 Å². The lowest BCUT2D eigenvalue weighted by atomic mass is 10.2. The molecule has 1 atom stereocenters. The molecule has 0 spiro atoms. The van der Waals surface area contributed by atoms with Crippen LogP contribution in [0.25, 0.3) is 11.3 Å². The van der Waals surface area contributed by atoms with Crippen LogP contribution in [0.3, 0.4) is 0 Å². The lowest BCUT2D eigenvalue weighted by Gasteiger charge is -2.34. The average molecular weight is 551 g/mol. The molecule has 3 rings (SSSR count). The molecule has 0 amide bonds. The van der Waals surface area contributed by atoms with E-state index in [0.717, 1.165) is 11.3 Å². The highest BCUT2D eigenvalue weighted by atomic mass is 127. The first-order valence-corrected chi connectivity index (χ1v) is 14.3. The lowest BCUT2D eigenvalue weighted by Crippen LogP contribution is -2.11. The van der Waals surface area contributed by atoms with Crippen molar-refractivity contribution in [1.82, 2.24) is 29.3 Å². The van der Waals surface area contributed by atoms with Crippen molar-refractivity contribution < 1.29 is 13.1 Å². The zero-order chi connectivity index (χ0) is 21.2. The molecule has 0 radical (unpaired) electrons. The molecule has 0 fully saturated rings. The van der Waals surface area contributed by atoms with Gasteiger partial charge in [-0.1, -0.05) is 0 Å². The van der Waals surface area contributed by atoms with E-state index in [4.69, 9.17) is 18.1 Å². The normalized spacial score (nSPS) is 12.7. The topological polar surface area (TPSA) is 101 Å². The van der Waals surface area contributed by atoms with E-state index < -0.39 is 10.6 Å². The van der Waals surface area contributed by atoms with Crippen molar-refractivity contribution in [2.45, 2.75) is 12.1 Å². The van der Waals surface area contributed by atoms with E-state index in [1.807, 2.05) is 36.9 Å². The van der Waals surface area contributed by atoms with Gasteiger partial charge in [-0.25, -0.2) is 9.44 Å². The third-order valence-electron chi connectivity index (χ3n) is 4.21. The standard InChI is InChI=1S/C16H23IN7O3PS/c1-10-7-12(22-24(10)28-17)19-15-14(25-3)13(11-8-18-23(2)9-11)20-16(21-15)29(6,26-4)27-5/h7-9,28H,1-6H3,(H,19,20,21,22). The number of hydrogen-bond donors (Lipinski definition) is 1. The maximum absolute atomic E-state index is 5.68. The van der Waals surface area contributed by atoms with Crippen molar-refractivity contribution in [3.8, 4) is 17.0 Å². The van der Waals surface area contributed by atoms with Crippen molar-refractivity contribution in [2.75, 3.05) is 32.9 Å². The Kier molecular flexibility index (Phi) is 6.99. The molecule has 1 unspecified atom stereocenters. The summed E-state index contributed by atoms with van der Waals surface area (Å²) in [6, 6.07) is 1.95. The first-order chi connectivity index (χ1) is 13.8. The minimum atomic E-state index is -2.14. The Morgan fingerprint density at radius 2 is 1.93 bits per heavy atom. The summed E-state index contributed by atoms with van der Waals surface area (Å²) in [5, 5.41) is 12.5. The van der Waals surface area contributed by atoms with Gasteiger partial charge in [0, 0.05) is 36.8 Å². The van der Waals surface area contributed by atoms with Gasteiger partial charge in [-0.2, -0.15) is 15.2 Å². The molecule has 0 aliphatic carbocycles. The molecule has 0 saturated carbocycles. The van der Waals surface area contributed by atoms with Crippen LogP contribution in [-0.4, -0.2) is 56.9 Å². The molecule has 29 heavy (non-hydrogen) atoms. The number of hydrogen-bond acceptors (Lipinski definition) is 8. The number of methoxy groups -OCH3 is 1. The second-order valence-corrected chi connectivity index (χ2v) is 10.7. The molecule has 3 aromatic heterocycles. The number of halogens is 1. The second kappa shape index (κ2) is 9.13. The highest BCUT2D eigenvalue weighted by molar-refractivity contribution is 14.2. The fourth-order valence-corrected chi connectivity index (χ4v) is 5.33. The summed E-state index contributed by atoms with van der Waals surface area (Å²) in [6.07, 6.45) is 5.92. The molecular formula is C16H23IN7O3PS. The Bertz CT molecular complexity index is 1010. The summed E-state index contributed by atoms with van der Waals surface area (Å²) in [7, 11) is 4.45. The molecule has 158 valence electrons. The molecule has 0 saturated heterocycles. The smallest absolute Gasteiger partial charge is 0.244 e. The van der Waals surface area contributed by atoms with Crippen molar-refractivity contribution in [3.05, 3.63) is 24.2 Å². The summed E-state index contributed by atoms with van der Waals surface area (Å²) in [5.74, 6) is 1.63. The number of rotatable bonds is 8. The summed E-state index contributed by atoms with van der Waals surface area (Å²) >= 11 is 2.29. The molecule has 3 aromatic rings. The number of nitrogens with zero attached hydrogens (tertiary/aromatic N) is 6. The van der Waals surface area contributed by atoms with Gasteiger partial charge in [0.15, 0.2) is 17.4 Å². The number of aromatic nitrogens is 6. The third kappa shape index (κ3) is 4.50. The minimum Gasteiger partial charge on any atom is -0.491 e. The van der Waals surface area contributed by atoms with Crippen molar-refractivity contribution >= 4 is 50.6 Å². The summed E-state index contributed by atoms with van der Waals surface area (Å²) in [6.45, 7) is 2.00. The van der Waals surface area contributed by atoms with E-state index in [-0.39, 0.29) is 0 Å². The molecule has 0 aliphatic rings. The number of nitrogens with one attached hydrogen (secondary N) is 1. The van der Waals surface area contributed by atoms with Crippen LogP contribution in [0.5, 0.6) is 5.75 Å². The van der Waals surface area contributed by atoms with Gasteiger partial charge < -0.3 is 10.1 Å².